The first kappa shape index (κ1) is 30.3. The van der Waals surface area contributed by atoms with Gasteiger partial charge < -0.3 is 0 Å². The van der Waals surface area contributed by atoms with Crippen molar-refractivity contribution in [3.8, 4) is 22.3 Å². The number of allylic oxidation sites excluding steroid dienone is 2. The number of hydrogen-bond donors (Lipinski definition) is 0. The molecule has 0 N–H and O–H groups in total. The van der Waals surface area contributed by atoms with E-state index < -0.39 is 20.3 Å². The molecule has 0 heterocycles. The maximum atomic E-state index is 2.71. The third kappa shape index (κ3) is 5.31. The van der Waals surface area contributed by atoms with Crippen LogP contribution in [0.25, 0.3) is 34.4 Å². The van der Waals surface area contributed by atoms with E-state index in [0.717, 1.165) is 0 Å². The molecule has 0 fully saturated rings. The summed E-state index contributed by atoms with van der Waals surface area (Å²) >= 11 is -2.90. The zero-order valence-corrected chi connectivity index (χ0v) is 30.4. The van der Waals surface area contributed by atoms with E-state index in [0.29, 0.717) is 7.25 Å². The molecular weight excluding hydrogens is 596 g/mol. The van der Waals surface area contributed by atoms with Gasteiger partial charge in [0.25, 0.3) is 0 Å². The molecule has 0 nitrogen and oxygen atoms in total. The molecule has 0 amide bonds. The Labute approximate surface area is 265 Å². The van der Waals surface area contributed by atoms with Crippen LogP contribution in [-0.2, 0) is 31.1 Å². The Kier molecular flexibility index (Phi) is 7.53. The van der Waals surface area contributed by atoms with Gasteiger partial charge in [0.1, 0.15) is 0 Å². The van der Waals surface area contributed by atoms with Gasteiger partial charge in [-0.15, -0.1) is 0 Å². The first-order chi connectivity index (χ1) is 20.2. The molecule has 0 bridgehead atoms. The van der Waals surface area contributed by atoms with Gasteiger partial charge in [0.15, 0.2) is 0 Å². The molecule has 6 rings (SSSR count). The van der Waals surface area contributed by atoms with Crippen molar-refractivity contribution in [2.45, 2.75) is 82.7 Å². The van der Waals surface area contributed by atoms with Crippen LogP contribution in [0.4, 0.5) is 0 Å². The quantitative estimate of drug-likeness (QED) is 0.208. The van der Waals surface area contributed by atoms with Crippen molar-refractivity contribution in [1.29, 1.82) is 0 Å². The van der Waals surface area contributed by atoms with E-state index in [1.54, 1.807) is 22.3 Å². The average Bonchev–Trinajstić information content (AvgIpc) is 3.48. The van der Waals surface area contributed by atoms with Crippen LogP contribution in [0.3, 0.4) is 0 Å². The van der Waals surface area contributed by atoms with E-state index in [1.165, 1.54) is 44.5 Å². The molecule has 1 heteroatoms. The van der Waals surface area contributed by atoms with Crippen molar-refractivity contribution < 1.29 is 20.3 Å². The van der Waals surface area contributed by atoms with Gasteiger partial charge >= 0.3 is 267 Å². The minimum atomic E-state index is -2.90. The normalized spacial score (nSPS) is 18.3. The van der Waals surface area contributed by atoms with E-state index in [1.807, 2.05) is 0 Å². The summed E-state index contributed by atoms with van der Waals surface area (Å²) in [6.07, 6.45) is 5.04. The molecule has 2 unspecified atom stereocenters. The van der Waals surface area contributed by atoms with Gasteiger partial charge in [-0.05, 0) is 0 Å². The van der Waals surface area contributed by atoms with Crippen molar-refractivity contribution in [2.75, 3.05) is 0 Å². The SMILES string of the molecule is CC1=Cc2c(-c3ccc(C(C)(C)C)cc3)cccc2[CH]1[Zr]([CH3])([CH3])[CH]1C(C)=Cc2c(-c3ccc(C(C)(C)C)cc3)cccc21. The Morgan fingerprint density at radius 2 is 0.837 bits per heavy atom. The van der Waals surface area contributed by atoms with Gasteiger partial charge in [0, 0.05) is 0 Å². The van der Waals surface area contributed by atoms with E-state index in [9.17, 15) is 0 Å². The van der Waals surface area contributed by atoms with Gasteiger partial charge in [0.05, 0.1) is 0 Å². The molecule has 0 saturated heterocycles. The van der Waals surface area contributed by atoms with Crippen LogP contribution < -0.4 is 0 Å². The van der Waals surface area contributed by atoms with Gasteiger partial charge in [0.2, 0.25) is 0 Å². The topological polar surface area (TPSA) is 0 Å². The molecule has 0 spiro atoms. The van der Waals surface area contributed by atoms with Gasteiger partial charge in [-0.2, -0.15) is 0 Å². The number of rotatable bonds is 4. The zero-order chi connectivity index (χ0) is 30.9. The van der Waals surface area contributed by atoms with Crippen LogP contribution in [0.5, 0.6) is 0 Å². The minimum absolute atomic E-state index is 0.163. The summed E-state index contributed by atoms with van der Waals surface area (Å²) in [6, 6.07) is 32.7. The molecule has 0 aliphatic heterocycles. The average molecular weight is 644 g/mol. The summed E-state index contributed by atoms with van der Waals surface area (Å²) in [5.41, 5.74) is 17.6. The third-order valence-electron chi connectivity index (χ3n) is 10.2. The molecule has 0 saturated carbocycles. The van der Waals surface area contributed by atoms with Crippen LogP contribution in [0.15, 0.2) is 96.1 Å². The Hall–Kier alpha value is -2.76. The predicted molar refractivity (Wildman–Crippen MR) is 186 cm³/mol. The summed E-state index contributed by atoms with van der Waals surface area (Å²) in [5.74, 6) is 0. The van der Waals surface area contributed by atoms with Crippen molar-refractivity contribution in [2.24, 2.45) is 0 Å². The molecule has 2 atom stereocenters. The van der Waals surface area contributed by atoms with Crippen molar-refractivity contribution in [3.05, 3.63) is 129 Å². The van der Waals surface area contributed by atoms with Gasteiger partial charge in [-0.3, -0.25) is 0 Å². The Morgan fingerprint density at radius 3 is 1.16 bits per heavy atom. The second-order valence-corrected chi connectivity index (χ2v) is 27.5. The number of hydrogen-bond acceptors (Lipinski definition) is 0. The fraction of sp³-hybridized carbons (Fsp3) is 0.333. The van der Waals surface area contributed by atoms with Crippen LogP contribution >= 0.6 is 0 Å². The van der Waals surface area contributed by atoms with Crippen LogP contribution in [-0.4, -0.2) is 0 Å². The van der Waals surface area contributed by atoms with E-state index in [-0.39, 0.29) is 10.8 Å². The van der Waals surface area contributed by atoms with Gasteiger partial charge in [-0.25, -0.2) is 0 Å². The summed E-state index contributed by atoms with van der Waals surface area (Å²) in [4.78, 5) is 0. The summed E-state index contributed by atoms with van der Waals surface area (Å²) in [7, 11) is 0. The van der Waals surface area contributed by atoms with Crippen molar-refractivity contribution in [3.63, 3.8) is 0 Å². The summed E-state index contributed by atoms with van der Waals surface area (Å²) < 4.78 is 6.54. The molecule has 2 aliphatic rings. The fourth-order valence-corrected chi connectivity index (χ4v) is 20.2. The van der Waals surface area contributed by atoms with Crippen molar-refractivity contribution >= 4 is 12.2 Å². The fourth-order valence-electron chi connectivity index (χ4n) is 8.05. The van der Waals surface area contributed by atoms with Crippen LogP contribution in [0.1, 0.15) is 96.0 Å². The first-order valence-corrected chi connectivity index (χ1v) is 23.8. The molecular formula is C42H48Zr. The van der Waals surface area contributed by atoms with E-state index in [4.69, 9.17) is 0 Å². The number of benzene rings is 4. The molecule has 43 heavy (non-hydrogen) atoms. The maximum absolute atomic E-state index is 2.90. The molecule has 0 radical (unpaired) electrons. The van der Waals surface area contributed by atoms with Crippen LogP contribution in [0, 0.1) is 0 Å². The molecule has 4 aromatic carbocycles. The van der Waals surface area contributed by atoms with Gasteiger partial charge in [-0.1, -0.05) is 0 Å². The second kappa shape index (κ2) is 10.7. The molecule has 2 aliphatic carbocycles. The molecule has 4 aromatic rings. The number of fused-ring (bicyclic) bond motifs is 2. The van der Waals surface area contributed by atoms with E-state index in [2.05, 4.69) is 162 Å². The van der Waals surface area contributed by atoms with E-state index >= 15 is 0 Å². The second-order valence-electron chi connectivity index (χ2n) is 15.7. The Bertz CT molecular complexity index is 1620. The Morgan fingerprint density at radius 1 is 0.488 bits per heavy atom. The van der Waals surface area contributed by atoms with Crippen LogP contribution in [0.2, 0.25) is 9.26 Å². The molecule has 220 valence electrons. The predicted octanol–water partition coefficient (Wildman–Crippen LogP) is 12.5. The zero-order valence-electron chi connectivity index (χ0n) is 27.9. The van der Waals surface area contributed by atoms with Crippen molar-refractivity contribution in [1.82, 2.24) is 0 Å². The standard InChI is InChI=1S/2C20H21.2CH3.Zr/c2*1-14-12-16-6-5-7-18(19(16)13-14)15-8-10-17(11-9-15)20(2,3)4;;;/h2*5-13H,1-4H3;2*1H3;. The monoisotopic (exact) mass is 642 g/mol. The Balaban J connectivity index is 1.38. The first-order valence-electron chi connectivity index (χ1n) is 16.0. The third-order valence-corrected chi connectivity index (χ3v) is 21.3. The summed E-state index contributed by atoms with van der Waals surface area (Å²) in [5, 5.41) is 0. The molecule has 0 aromatic heterocycles. The summed E-state index contributed by atoms with van der Waals surface area (Å²) in [6.45, 7) is 18.5.